The van der Waals surface area contributed by atoms with Gasteiger partial charge in [-0.15, -0.1) is 11.6 Å². The van der Waals surface area contributed by atoms with Gasteiger partial charge in [-0.3, -0.25) is 0 Å². The summed E-state index contributed by atoms with van der Waals surface area (Å²) < 4.78 is 32.0. The lowest BCUT2D eigenvalue weighted by Crippen LogP contribution is -2.48. The Balaban J connectivity index is 2.55. The first-order chi connectivity index (χ1) is 8.44. The number of hydrogen-bond donors (Lipinski definition) is 2. The molecule has 1 aliphatic carbocycles. The minimum atomic E-state index is -3.91. The molecule has 18 heavy (non-hydrogen) atoms. The zero-order valence-electron chi connectivity index (χ0n) is 10.3. The third kappa shape index (κ3) is 5.41. The second kappa shape index (κ2) is 7.16. The molecule has 0 saturated heterocycles. The second-order valence-corrected chi connectivity index (χ2v) is 6.21. The molecule has 0 radical (unpaired) electrons. The Morgan fingerprint density at radius 1 is 1.33 bits per heavy atom. The minimum Gasteiger partial charge on any atom is -0.449 e. The molecule has 0 aliphatic heterocycles. The van der Waals surface area contributed by atoms with Gasteiger partial charge < -0.3 is 4.74 Å². The Labute approximate surface area is 113 Å². The van der Waals surface area contributed by atoms with E-state index in [4.69, 9.17) is 11.6 Å². The number of carbonyl (C=O) groups excluding carboxylic acids is 1. The summed E-state index contributed by atoms with van der Waals surface area (Å²) in [7, 11) is -3.91. The molecule has 0 aromatic carbocycles. The van der Waals surface area contributed by atoms with E-state index in [0.717, 1.165) is 25.7 Å². The molecule has 1 amide bonds. The molecule has 1 aliphatic rings. The summed E-state index contributed by atoms with van der Waals surface area (Å²) in [5, 5.41) is -0.244. The molecule has 1 saturated carbocycles. The fourth-order valence-electron chi connectivity index (χ4n) is 1.89. The molecule has 0 aromatic heterocycles. The van der Waals surface area contributed by atoms with E-state index in [0.29, 0.717) is 6.42 Å². The highest BCUT2D eigenvalue weighted by atomic mass is 35.5. The maximum atomic E-state index is 11.7. The van der Waals surface area contributed by atoms with E-state index in [1.54, 1.807) is 11.6 Å². The number of carbonyl (C=O) groups is 1. The first-order valence-corrected chi connectivity index (χ1v) is 7.97. The molecule has 2 atom stereocenters. The quantitative estimate of drug-likeness (QED) is 0.608. The van der Waals surface area contributed by atoms with Crippen molar-refractivity contribution in [2.45, 2.75) is 50.4 Å². The van der Waals surface area contributed by atoms with Crippen LogP contribution in [0.5, 0.6) is 0 Å². The molecule has 0 heterocycles. The number of nitrogens with one attached hydrogen (secondary N) is 2. The van der Waals surface area contributed by atoms with Gasteiger partial charge >= 0.3 is 16.3 Å². The smallest absolute Gasteiger partial charge is 0.421 e. The Hall–Kier alpha value is -0.530. The van der Waals surface area contributed by atoms with Gasteiger partial charge in [0.1, 0.15) is 0 Å². The highest BCUT2D eigenvalue weighted by Gasteiger charge is 2.27. The van der Waals surface area contributed by atoms with E-state index >= 15 is 0 Å². The zero-order chi connectivity index (χ0) is 13.6. The number of ether oxygens (including phenoxy) is 1. The van der Waals surface area contributed by atoms with Crippen molar-refractivity contribution in [3.05, 3.63) is 0 Å². The van der Waals surface area contributed by atoms with Crippen LogP contribution >= 0.6 is 11.6 Å². The number of hydrogen-bond acceptors (Lipinski definition) is 4. The first kappa shape index (κ1) is 15.5. The molecule has 6 nitrogen and oxygen atoms in total. The standard InChI is InChI=1S/C10H19ClN2O4S/c1-2-17-10(14)13-18(15,16)12-9-7-5-3-4-6-8(9)11/h8-9,12H,2-7H2,1H3,(H,13,14). The maximum absolute atomic E-state index is 11.7. The highest BCUT2D eigenvalue weighted by molar-refractivity contribution is 7.88. The zero-order valence-corrected chi connectivity index (χ0v) is 11.9. The fourth-order valence-corrected chi connectivity index (χ4v) is 3.33. The summed E-state index contributed by atoms with van der Waals surface area (Å²) in [6, 6.07) is -0.346. The fraction of sp³-hybridized carbons (Fsp3) is 0.900. The molecule has 2 N–H and O–H groups in total. The molecule has 0 aromatic rings. The van der Waals surface area contributed by atoms with Crippen LogP contribution in [0.4, 0.5) is 4.79 Å². The van der Waals surface area contributed by atoms with Crippen LogP contribution in [0.25, 0.3) is 0 Å². The van der Waals surface area contributed by atoms with E-state index in [-0.39, 0.29) is 18.0 Å². The van der Waals surface area contributed by atoms with Crippen LogP contribution in [0.3, 0.4) is 0 Å². The third-order valence-electron chi connectivity index (χ3n) is 2.73. The van der Waals surface area contributed by atoms with Crippen LogP contribution in [-0.2, 0) is 14.9 Å². The molecule has 2 unspecified atom stereocenters. The normalized spacial score (nSPS) is 25.2. The van der Waals surface area contributed by atoms with Crippen molar-refractivity contribution < 1.29 is 17.9 Å². The van der Waals surface area contributed by atoms with Gasteiger partial charge in [0, 0.05) is 6.04 Å². The van der Waals surface area contributed by atoms with E-state index in [1.807, 2.05) is 0 Å². The number of rotatable bonds is 4. The van der Waals surface area contributed by atoms with Crippen molar-refractivity contribution in [1.29, 1.82) is 0 Å². The van der Waals surface area contributed by atoms with Crippen LogP contribution in [0, 0.1) is 0 Å². The van der Waals surface area contributed by atoms with Crippen molar-refractivity contribution in [1.82, 2.24) is 9.44 Å². The molecular formula is C10H19ClN2O4S. The summed E-state index contributed by atoms with van der Waals surface area (Å²) in [5.41, 5.74) is 0. The lowest BCUT2D eigenvalue weighted by molar-refractivity contribution is 0.158. The van der Waals surface area contributed by atoms with Gasteiger partial charge in [0.15, 0.2) is 0 Å². The Morgan fingerprint density at radius 3 is 2.67 bits per heavy atom. The van der Waals surface area contributed by atoms with E-state index in [1.165, 1.54) is 0 Å². The number of alkyl halides is 1. The van der Waals surface area contributed by atoms with Gasteiger partial charge in [-0.1, -0.05) is 19.3 Å². The van der Waals surface area contributed by atoms with E-state index < -0.39 is 16.3 Å². The summed E-state index contributed by atoms with van der Waals surface area (Å²) in [5.74, 6) is 0. The van der Waals surface area contributed by atoms with Crippen LogP contribution < -0.4 is 9.44 Å². The first-order valence-electron chi connectivity index (χ1n) is 6.05. The van der Waals surface area contributed by atoms with Crippen LogP contribution in [0.2, 0.25) is 0 Å². The largest absolute Gasteiger partial charge is 0.449 e. The molecular weight excluding hydrogens is 280 g/mol. The summed E-state index contributed by atoms with van der Waals surface area (Å²) in [4.78, 5) is 11.1. The van der Waals surface area contributed by atoms with E-state index in [2.05, 4.69) is 9.46 Å². The maximum Gasteiger partial charge on any atom is 0.421 e. The van der Waals surface area contributed by atoms with Gasteiger partial charge in [0.05, 0.1) is 12.0 Å². The average molecular weight is 299 g/mol. The number of halogens is 1. The Kier molecular flexibility index (Phi) is 6.17. The van der Waals surface area contributed by atoms with Crippen LogP contribution in [0.15, 0.2) is 0 Å². The van der Waals surface area contributed by atoms with E-state index in [9.17, 15) is 13.2 Å². The lowest BCUT2D eigenvalue weighted by Gasteiger charge is -2.20. The topological polar surface area (TPSA) is 84.5 Å². The summed E-state index contributed by atoms with van der Waals surface area (Å²) in [6.07, 6.45) is 3.44. The van der Waals surface area contributed by atoms with Gasteiger partial charge in [-0.2, -0.15) is 13.1 Å². The molecule has 8 heteroatoms. The predicted molar refractivity (Wildman–Crippen MR) is 68.7 cm³/mol. The highest BCUT2D eigenvalue weighted by Crippen LogP contribution is 2.22. The van der Waals surface area contributed by atoms with Crippen molar-refractivity contribution in [2.24, 2.45) is 0 Å². The van der Waals surface area contributed by atoms with Crippen molar-refractivity contribution in [3.8, 4) is 0 Å². The third-order valence-corrected chi connectivity index (χ3v) is 4.30. The van der Waals surface area contributed by atoms with Crippen molar-refractivity contribution >= 4 is 27.9 Å². The number of amides is 1. The van der Waals surface area contributed by atoms with Crippen LogP contribution in [-0.4, -0.2) is 32.5 Å². The van der Waals surface area contributed by atoms with Gasteiger partial charge in [0.25, 0.3) is 0 Å². The summed E-state index contributed by atoms with van der Waals surface area (Å²) >= 11 is 6.12. The van der Waals surface area contributed by atoms with Gasteiger partial charge in [-0.25, -0.2) is 9.52 Å². The molecule has 1 rings (SSSR count). The predicted octanol–water partition coefficient (Wildman–Crippen LogP) is 1.51. The second-order valence-electron chi connectivity index (χ2n) is 4.20. The molecule has 0 spiro atoms. The SMILES string of the molecule is CCOC(=O)NS(=O)(=O)NC1CCCCCC1Cl. The Bertz CT molecular complexity index is 374. The summed E-state index contributed by atoms with van der Waals surface area (Å²) in [6.45, 7) is 1.71. The van der Waals surface area contributed by atoms with Crippen molar-refractivity contribution in [2.75, 3.05) is 6.61 Å². The lowest BCUT2D eigenvalue weighted by atomic mass is 10.1. The average Bonchev–Trinajstić information content (AvgIpc) is 2.43. The molecule has 1 fully saturated rings. The monoisotopic (exact) mass is 298 g/mol. The van der Waals surface area contributed by atoms with Gasteiger partial charge in [-0.05, 0) is 19.8 Å². The molecule has 0 bridgehead atoms. The Morgan fingerprint density at radius 2 is 2.00 bits per heavy atom. The minimum absolute atomic E-state index is 0.114. The molecule has 106 valence electrons. The van der Waals surface area contributed by atoms with Crippen molar-refractivity contribution in [3.63, 3.8) is 0 Å². The van der Waals surface area contributed by atoms with Crippen LogP contribution in [0.1, 0.15) is 39.0 Å². The van der Waals surface area contributed by atoms with Gasteiger partial charge in [0.2, 0.25) is 0 Å².